The van der Waals surface area contributed by atoms with Crippen LogP contribution in [0.1, 0.15) is 24.2 Å². The van der Waals surface area contributed by atoms with Gasteiger partial charge in [-0.25, -0.2) is 4.98 Å². The van der Waals surface area contributed by atoms with Crippen LogP contribution in [0.5, 0.6) is 0 Å². The average Bonchev–Trinajstić information content (AvgIpc) is 2.82. The van der Waals surface area contributed by atoms with E-state index in [2.05, 4.69) is 9.97 Å². The van der Waals surface area contributed by atoms with Crippen molar-refractivity contribution in [2.75, 3.05) is 13.2 Å². The summed E-state index contributed by atoms with van der Waals surface area (Å²) in [7, 11) is 0. The topological polar surface area (TPSA) is 63.9 Å². The van der Waals surface area contributed by atoms with Crippen molar-refractivity contribution >= 4 is 11.0 Å². The van der Waals surface area contributed by atoms with Gasteiger partial charge in [0.25, 0.3) is 0 Å². The number of aromatic nitrogens is 2. The van der Waals surface area contributed by atoms with Crippen molar-refractivity contribution in [3.8, 4) is 0 Å². The number of rotatable bonds is 1. The van der Waals surface area contributed by atoms with E-state index in [0.717, 1.165) is 12.1 Å². The highest BCUT2D eigenvalue weighted by Gasteiger charge is 2.34. The zero-order valence-electron chi connectivity index (χ0n) is 10.6. The fraction of sp³-hybridized carbons (Fsp3) is 0.462. The van der Waals surface area contributed by atoms with Crippen LogP contribution in [-0.4, -0.2) is 23.2 Å². The van der Waals surface area contributed by atoms with Crippen molar-refractivity contribution in [2.45, 2.75) is 24.6 Å². The van der Waals surface area contributed by atoms with Crippen molar-refractivity contribution in [1.82, 2.24) is 9.97 Å². The van der Waals surface area contributed by atoms with Gasteiger partial charge in [0.15, 0.2) is 0 Å². The monoisotopic (exact) mass is 285 g/mol. The first-order valence-corrected chi connectivity index (χ1v) is 6.33. The lowest BCUT2D eigenvalue weighted by Gasteiger charge is -2.31. The Hall–Kier alpha value is -1.60. The smallest absolute Gasteiger partial charge is 0.381 e. The molecule has 0 spiro atoms. The Balaban J connectivity index is 2.02. The predicted molar refractivity (Wildman–Crippen MR) is 67.0 cm³/mol. The molecule has 20 heavy (non-hydrogen) atoms. The molecule has 2 heterocycles. The Kier molecular flexibility index (Phi) is 2.98. The van der Waals surface area contributed by atoms with Crippen LogP contribution in [0.15, 0.2) is 18.2 Å². The van der Waals surface area contributed by atoms with Gasteiger partial charge in [-0.3, -0.25) is 0 Å². The van der Waals surface area contributed by atoms with E-state index >= 15 is 0 Å². The normalized spacial score (nSPS) is 19.4. The number of nitrogens with zero attached hydrogens (tertiary/aromatic N) is 1. The Morgan fingerprint density at radius 2 is 1.95 bits per heavy atom. The molecule has 0 radical (unpaired) electrons. The second-order valence-corrected chi connectivity index (χ2v) is 5.08. The molecule has 3 rings (SSSR count). The van der Waals surface area contributed by atoms with Crippen LogP contribution in [-0.2, 0) is 16.5 Å². The van der Waals surface area contributed by atoms with Gasteiger partial charge in [0.05, 0.1) is 22.1 Å². The molecule has 1 aromatic carbocycles. The van der Waals surface area contributed by atoms with Crippen LogP contribution in [0.2, 0.25) is 0 Å². The minimum absolute atomic E-state index is 0.353. The largest absolute Gasteiger partial charge is 0.416 e. The highest BCUT2D eigenvalue weighted by molar-refractivity contribution is 5.76. The number of H-pyrrole nitrogens is 1. The number of benzene rings is 1. The summed E-state index contributed by atoms with van der Waals surface area (Å²) in [5.74, 6) is 0.523. The molecular formula is C13H14F3N3O. The molecule has 1 saturated heterocycles. The number of alkyl halides is 3. The fourth-order valence-electron chi connectivity index (χ4n) is 2.39. The molecular weight excluding hydrogens is 271 g/mol. The third-order valence-electron chi connectivity index (χ3n) is 3.67. The molecule has 4 nitrogen and oxygen atoms in total. The molecule has 1 aliphatic heterocycles. The lowest BCUT2D eigenvalue weighted by atomic mass is 9.91. The number of halogens is 3. The SMILES string of the molecule is NC1(c2nc3ccc(C(F)(F)F)cc3[nH]2)CCOCC1. The molecule has 1 aromatic heterocycles. The van der Waals surface area contributed by atoms with Crippen LogP contribution in [0.3, 0.4) is 0 Å². The summed E-state index contributed by atoms with van der Waals surface area (Å²) in [6.07, 6.45) is -3.17. The fourth-order valence-corrected chi connectivity index (χ4v) is 2.39. The van der Waals surface area contributed by atoms with Crippen LogP contribution in [0, 0.1) is 0 Å². The summed E-state index contributed by atoms with van der Waals surface area (Å²) in [4.78, 5) is 7.25. The van der Waals surface area contributed by atoms with Gasteiger partial charge in [0.2, 0.25) is 0 Å². The van der Waals surface area contributed by atoms with Crippen LogP contribution >= 0.6 is 0 Å². The van der Waals surface area contributed by atoms with E-state index in [-0.39, 0.29) is 0 Å². The summed E-state index contributed by atoms with van der Waals surface area (Å²) >= 11 is 0. The number of nitrogens with one attached hydrogen (secondary N) is 1. The minimum Gasteiger partial charge on any atom is -0.381 e. The maximum atomic E-state index is 12.7. The second kappa shape index (κ2) is 4.46. The van der Waals surface area contributed by atoms with Crippen LogP contribution < -0.4 is 5.73 Å². The first-order valence-electron chi connectivity index (χ1n) is 6.33. The zero-order chi connectivity index (χ0) is 14.4. The maximum absolute atomic E-state index is 12.7. The van der Waals surface area contributed by atoms with Gasteiger partial charge >= 0.3 is 6.18 Å². The first-order chi connectivity index (χ1) is 9.38. The van der Waals surface area contributed by atoms with Crippen molar-refractivity contribution in [1.29, 1.82) is 0 Å². The van der Waals surface area contributed by atoms with Gasteiger partial charge in [-0.1, -0.05) is 0 Å². The summed E-state index contributed by atoms with van der Waals surface area (Å²) in [5.41, 5.74) is 5.76. The second-order valence-electron chi connectivity index (χ2n) is 5.08. The van der Waals surface area contributed by atoms with Gasteiger partial charge in [0.1, 0.15) is 5.82 Å². The third kappa shape index (κ3) is 2.27. The summed E-state index contributed by atoms with van der Waals surface area (Å²) in [6.45, 7) is 1.06. The van der Waals surface area contributed by atoms with E-state index in [1.54, 1.807) is 0 Å². The third-order valence-corrected chi connectivity index (χ3v) is 3.67. The van der Waals surface area contributed by atoms with Gasteiger partial charge in [-0.05, 0) is 31.0 Å². The molecule has 0 amide bonds. The predicted octanol–water partition coefficient (Wildman–Crippen LogP) is 2.55. The van der Waals surface area contributed by atoms with Gasteiger partial charge in [-0.2, -0.15) is 13.2 Å². The van der Waals surface area contributed by atoms with E-state index in [1.807, 2.05) is 0 Å². The van der Waals surface area contributed by atoms with Gasteiger partial charge < -0.3 is 15.5 Å². The molecule has 0 unspecified atom stereocenters. The molecule has 2 aromatic rings. The lowest BCUT2D eigenvalue weighted by molar-refractivity contribution is -0.137. The van der Waals surface area contributed by atoms with Crippen LogP contribution in [0.4, 0.5) is 13.2 Å². The van der Waals surface area contributed by atoms with Gasteiger partial charge in [-0.15, -0.1) is 0 Å². The lowest BCUT2D eigenvalue weighted by Crippen LogP contribution is -2.43. The molecule has 1 fully saturated rings. The number of nitrogens with two attached hydrogens (primary N) is 1. The molecule has 7 heteroatoms. The van der Waals surface area contributed by atoms with Crippen molar-refractivity contribution in [3.63, 3.8) is 0 Å². The first kappa shape index (κ1) is 13.4. The summed E-state index contributed by atoms with van der Waals surface area (Å²) in [5, 5.41) is 0. The number of ether oxygens (including phenoxy) is 1. The number of imidazole rings is 1. The van der Waals surface area contributed by atoms with Crippen molar-refractivity contribution in [2.24, 2.45) is 5.73 Å². The quantitative estimate of drug-likeness (QED) is 0.846. The van der Waals surface area contributed by atoms with Crippen molar-refractivity contribution < 1.29 is 17.9 Å². The Morgan fingerprint density at radius 1 is 1.25 bits per heavy atom. The molecule has 0 bridgehead atoms. The molecule has 0 atom stereocenters. The Bertz CT molecular complexity index is 629. The van der Waals surface area contributed by atoms with E-state index in [0.29, 0.717) is 42.9 Å². The molecule has 1 aliphatic rings. The van der Waals surface area contributed by atoms with Crippen molar-refractivity contribution in [3.05, 3.63) is 29.6 Å². The van der Waals surface area contributed by atoms with E-state index in [4.69, 9.17) is 10.5 Å². The molecule has 0 saturated carbocycles. The zero-order valence-corrected chi connectivity index (χ0v) is 10.6. The van der Waals surface area contributed by atoms with Crippen LogP contribution in [0.25, 0.3) is 11.0 Å². The summed E-state index contributed by atoms with van der Waals surface area (Å²) in [6, 6.07) is 3.45. The Labute approximate surface area is 113 Å². The molecule has 3 N–H and O–H groups in total. The van der Waals surface area contributed by atoms with E-state index in [9.17, 15) is 13.2 Å². The number of hydrogen-bond donors (Lipinski definition) is 2. The minimum atomic E-state index is -4.36. The van der Waals surface area contributed by atoms with E-state index < -0.39 is 17.3 Å². The number of aromatic amines is 1. The molecule has 0 aliphatic carbocycles. The number of hydrogen-bond acceptors (Lipinski definition) is 3. The summed E-state index contributed by atoms with van der Waals surface area (Å²) < 4.78 is 43.3. The number of fused-ring (bicyclic) bond motifs is 1. The Morgan fingerprint density at radius 3 is 2.60 bits per heavy atom. The van der Waals surface area contributed by atoms with E-state index in [1.165, 1.54) is 6.07 Å². The van der Waals surface area contributed by atoms with Gasteiger partial charge in [0, 0.05) is 13.2 Å². The standard InChI is InChI=1S/C13H14F3N3O/c14-13(15,16)8-1-2-9-10(7-8)19-11(18-9)12(17)3-5-20-6-4-12/h1-2,7H,3-6,17H2,(H,18,19). The highest BCUT2D eigenvalue weighted by Crippen LogP contribution is 2.33. The molecule has 108 valence electrons. The highest BCUT2D eigenvalue weighted by atomic mass is 19.4. The maximum Gasteiger partial charge on any atom is 0.416 e. The average molecular weight is 285 g/mol.